The summed E-state index contributed by atoms with van der Waals surface area (Å²) in [6.45, 7) is 6.06. The second kappa shape index (κ2) is 8.48. The Kier molecular flexibility index (Phi) is 5.71. The van der Waals surface area contributed by atoms with E-state index in [1.807, 2.05) is 15.5 Å². The Morgan fingerprint density at radius 3 is 2.77 bits per heavy atom. The fourth-order valence-electron chi connectivity index (χ4n) is 4.76. The quantitative estimate of drug-likeness (QED) is 0.551. The van der Waals surface area contributed by atoms with E-state index < -0.39 is 0 Å². The molecule has 2 aliphatic rings. The fourth-order valence-corrected chi connectivity index (χ4v) is 6.24. The first-order valence-electron chi connectivity index (χ1n) is 10.7. The summed E-state index contributed by atoms with van der Waals surface area (Å²) in [5.74, 6) is 0.170. The number of halogens is 1. The lowest BCUT2D eigenvalue weighted by Crippen LogP contribution is -2.47. The van der Waals surface area contributed by atoms with Gasteiger partial charge in [-0.15, -0.1) is 11.3 Å². The number of piperazine rings is 1. The maximum Gasteiger partial charge on any atom is 0.271 e. The number of carbonyl (C=O) groups excluding carboxylic acids is 1. The summed E-state index contributed by atoms with van der Waals surface area (Å²) in [7, 11) is 0. The molecular formula is C23H25BrN4O2S. The van der Waals surface area contributed by atoms with Crippen LogP contribution < -0.4 is 5.56 Å². The van der Waals surface area contributed by atoms with E-state index >= 15 is 0 Å². The van der Waals surface area contributed by atoms with E-state index in [9.17, 15) is 9.59 Å². The van der Waals surface area contributed by atoms with Gasteiger partial charge in [0.2, 0.25) is 5.91 Å². The summed E-state index contributed by atoms with van der Waals surface area (Å²) < 4.78 is 3.49. The molecule has 1 aliphatic carbocycles. The summed E-state index contributed by atoms with van der Waals surface area (Å²) in [5.41, 5.74) is 4.90. The SMILES string of the molecule is CC(=O)N1CCN(Cc2ccc3c(c2)CC[C@H](n2cnc4cc(Br)sc4c2=O)C3)CC1. The molecule has 1 saturated heterocycles. The van der Waals surface area contributed by atoms with Gasteiger partial charge in [0, 0.05) is 45.7 Å². The van der Waals surface area contributed by atoms with Crippen molar-refractivity contribution in [1.82, 2.24) is 19.4 Å². The van der Waals surface area contributed by atoms with E-state index in [1.54, 1.807) is 13.3 Å². The molecule has 1 amide bonds. The Morgan fingerprint density at radius 2 is 2.00 bits per heavy atom. The van der Waals surface area contributed by atoms with Crippen LogP contribution in [0, 0.1) is 0 Å². The number of amides is 1. The number of benzene rings is 1. The summed E-state index contributed by atoms with van der Waals surface area (Å²) in [6.07, 6.45) is 4.51. The van der Waals surface area contributed by atoms with Gasteiger partial charge in [0.15, 0.2) is 0 Å². The van der Waals surface area contributed by atoms with Gasteiger partial charge in [0.05, 0.1) is 15.6 Å². The minimum atomic E-state index is 0.0653. The molecule has 1 atom stereocenters. The van der Waals surface area contributed by atoms with Crippen molar-refractivity contribution in [2.45, 2.75) is 38.8 Å². The van der Waals surface area contributed by atoms with Crippen LogP contribution in [0.4, 0.5) is 0 Å². The van der Waals surface area contributed by atoms with Crippen LogP contribution in [0.5, 0.6) is 0 Å². The second-order valence-corrected chi connectivity index (χ2v) is 10.9. The number of rotatable bonds is 3. The third-order valence-electron chi connectivity index (χ3n) is 6.52. The molecule has 1 aromatic carbocycles. The number of carbonyl (C=O) groups is 1. The molecule has 2 aromatic heterocycles. The maximum absolute atomic E-state index is 13.0. The topological polar surface area (TPSA) is 58.4 Å². The van der Waals surface area contributed by atoms with E-state index in [-0.39, 0.29) is 17.5 Å². The Labute approximate surface area is 193 Å². The van der Waals surface area contributed by atoms with E-state index in [4.69, 9.17) is 0 Å². The molecule has 0 saturated carbocycles. The van der Waals surface area contributed by atoms with Crippen LogP contribution >= 0.6 is 27.3 Å². The average Bonchev–Trinajstić information content (AvgIpc) is 3.15. The van der Waals surface area contributed by atoms with E-state index in [0.29, 0.717) is 0 Å². The molecule has 0 spiro atoms. The fraction of sp³-hybridized carbons (Fsp3) is 0.435. The molecule has 0 N–H and O–H groups in total. The summed E-state index contributed by atoms with van der Waals surface area (Å²) >= 11 is 4.92. The Morgan fingerprint density at radius 1 is 1.19 bits per heavy atom. The van der Waals surface area contributed by atoms with Crippen LogP contribution in [0.15, 0.2) is 39.2 Å². The van der Waals surface area contributed by atoms with E-state index in [1.165, 1.54) is 28.0 Å². The first-order chi connectivity index (χ1) is 15.0. The van der Waals surface area contributed by atoms with Crippen molar-refractivity contribution < 1.29 is 4.79 Å². The van der Waals surface area contributed by atoms with E-state index in [2.05, 4.69) is 44.0 Å². The largest absolute Gasteiger partial charge is 0.340 e. The molecule has 162 valence electrons. The van der Waals surface area contributed by atoms with Crippen LogP contribution in [0.2, 0.25) is 0 Å². The zero-order valence-electron chi connectivity index (χ0n) is 17.5. The number of hydrogen-bond donors (Lipinski definition) is 0. The van der Waals surface area contributed by atoms with Gasteiger partial charge in [-0.05, 0) is 57.9 Å². The Balaban J connectivity index is 1.29. The molecular weight excluding hydrogens is 476 g/mol. The highest BCUT2D eigenvalue weighted by Gasteiger charge is 2.23. The van der Waals surface area contributed by atoms with Gasteiger partial charge in [0.25, 0.3) is 5.56 Å². The molecule has 1 fully saturated rings. The number of aryl methyl sites for hydroxylation is 1. The highest BCUT2D eigenvalue weighted by Crippen LogP contribution is 2.31. The average molecular weight is 501 g/mol. The third kappa shape index (κ3) is 4.21. The number of nitrogens with zero attached hydrogens (tertiary/aromatic N) is 4. The monoisotopic (exact) mass is 500 g/mol. The molecule has 3 aromatic rings. The highest BCUT2D eigenvalue weighted by atomic mass is 79.9. The molecule has 1 aliphatic heterocycles. The second-order valence-electron chi connectivity index (χ2n) is 8.50. The van der Waals surface area contributed by atoms with Gasteiger partial charge >= 0.3 is 0 Å². The lowest BCUT2D eigenvalue weighted by molar-refractivity contribution is -0.130. The van der Waals surface area contributed by atoms with Crippen molar-refractivity contribution in [3.05, 3.63) is 61.4 Å². The van der Waals surface area contributed by atoms with Crippen molar-refractivity contribution in [2.24, 2.45) is 0 Å². The predicted molar refractivity (Wildman–Crippen MR) is 127 cm³/mol. The summed E-state index contributed by atoms with van der Waals surface area (Å²) in [5, 5.41) is 0. The van der Waals surface area contributed by atoms with Crippen molar-refractivity contribution in [3.63, 3.8) is 0 Å². The standard InChI is InChI=1S/C23H25BrN4O2S/c1-15(29)27-8-6-26(7-9-27)13-16-2-3-18-11-19(5-4-17(18)10-16)28-14-25-20-12-21(24)31-22(20)23(28)30/h2-3,10,12,14,19H,4-9,11,13H2,1H3/t19-/m0/s1. The Bertz CT molecular complexity index is 1200. The van der Waals surface area contributed by atoms with Gasteiger partial charge < -0.3 is 4.90 Å². The van der Waals surface area contributed by atoms with Crippen LogP contribution in [0.25, 0.3) is 10.2 Å². The predicted octanol–water partition coefficient (Wildman–Crippen LogP) is 3.61. The molecule has 0 unspecified atom stereocenters. The molecule has 3 heterocycles. The van der Waals surface area contributed by atoms with Gasteiger partial charge in [-0.2, -0.15) is 0 Å². The molecule has 8 heteroatoms. The highest BCUT2D eigenvalue weighted by molar-refractivity contribution is 9.11. The van der Waals surface area contributed by atoms with Crippen LogP contribution in [-0.4, -0.2) is 51.4 Å². The lowest BCUT2D eigenvalue weighted by atomic mass is 9.87. The zero-order valence-corrected chi connectivity index (χ0v) is 19.9. The number of aromatic nitrogens is 2. The molecule has 0 radical (unpaired) electrons. The van der Waals surface area contributed by atoms with Crippen molar-refractivity contribution in [3.8, 4) is 0 Å². The van der Waals surface area contributed by atoms with Gasteiger partial charge in [0.1, 0.15) is 4.70 Å². The van der Waals surface area contributed by atoms with Gasteiger partial charge in [-0.25, -0.2) is 4.98 Å². The summed E-state index contributed by atoms with van der Waals surface area (Å²) in [4.78, 5) is 33.3. The van der Waals surface area contributed by atoms with E-state index in [0.717, 1.165) is 66.0 Å². The minimum absolute atomic E-state index is 0.0653. The first kappa shape index (κ1) is 20.8. The van der Waals surface area contributed by atoms with Crippen LogP contribution in [0.1, 0.15) is 36.1 Å². The third-order valence-corrected chi connectivity index (χ3v) is 8.14. The molecule has 31 heavy (non-hydrogen) atoms. The molecule has 5 rings (SSSR count). The lowest BCUT2D eigenvalue weighted by Gasteiger charge is -2.34. The minimum Gasteiger partial charge on any atom is -0.340 e. The summed E-state index contributed by atoms with van der Waals surface area (Å²) in [6, 6.07) is 8.86. The van der Waals surface area contributed by atoms with Crippen LogP contribution in [-0.2, 0) is 24.2 Å². The van der Waals surface area contributed by atoms with Gasteiger partial charge in [-0.3, -0.25) is 19.1 Å². The number of fused-ring (bicyclic) bond motifs is 2. The normalized spacial score (nSPS) is 19.5. The van der Waals surface area contributed by atoms with Crippen molar-refractivity contribution in [2.75, 3.05) is 26.2 Å². The number of thiophene rings is 1. The molecule has 6 nitrogen and oxygen atoms in total. The maximum atomic E-state index is 13.0. The van der Waals surface area contributed by atoms with Crippen molar-refractivity contribution in [1.29, 1.82) is 0 Å². The van der Waals surface area contributed by atoms with Crippen LogP contribution in [0.3, 0.4) is 0 Å². The van der Waals surface area contributed by atoms with Crippen molar-refractivity contribution >= 4 is 43.4 Å². The smallest absolute Gasteiger partial charge is 0.271 e. The number of hydrogen-bond acceptors (Lipinski definition) is 5. The molecule has 0 bridgehead atoms. The zero-order chi connectivity index (χ0) is 21.5. The first-order valence-corrected chi connectivity index (χ1v) is 12.3. The van der Waals surface area contributed by atoms with Gasteiger partial charge in [-0.1, -0.05) is 18.2 Å². The Hall–Kier alpha value is -2.03.